The van der Waals surface area contributed by atoms with Crippen molar-refractivity contribution in [1.82, 2.24) is 24.6 Å². The Hall–Kier alpha value is -2.18. The summed E-state index contributed by atoms with van der Waals surface area (Å²) in [4.78, 5) is 15.8. The Kier molecular flexibility index (Phi) is 5.42. The van der Waals surface area contributed by atoms with E-state index in [-0.39, 0.29) is 30.9 Å². The number of hydrogen-bond acceptors (Lipinski definition) is 8. The van der Waals surface area contributed by atoms with Crippen molar-refractivity contribution in [3.63, 3.8) is 0 Å². The fourth-order valence-corrected chi connectivity index (χ4v) is 7.50. The molecule has 12 heteroatoms. The molecule has 9 nitrogen and oxygen atoms in total. The second-order valence-electron chi connectivity index (χ2n) is 10.5. The summed E-state index contributed by atoms with van der Waals surface area (Å²) >= 11 is 0. The fourth-order valence-electron chi connectivity index (χ4n) is 5.62. The summed E-state index contributed by atoms with van der Waals surface area (Å²) in [5.74, 6) is -1.67. The van der Waals surface area contributed by atoms with E-state index in [0.29, 0.717) is 56.2 Å². The molecule has 4 aliphatic rings. The van der Waals surface area contributed by atoms with E-state index in [9.17, 15) is 17.2 Å². The van der Waals surface area contributed by atoms with E-state index in [1.165, 1.54) is 0 Å². The van der Waals surface area contributed by atoms with Crippen LogP contribution in [0.25, 0.3) is 10.9 Å². The Morgan fingerprint density at radius 3 is 2.57 bits per heavy atom. The van der Waals surface area contributed by atoms with Crippen molar-refractivity contribution in [2.24, 2.45) is 5.41 Å². The standard InChI is InChI=1S/C23H31F2N7O2S/c1-15-10-16-11-27-21(29-17-4-8-32(9-5-17)35(33,34)18-2-3-18)30-19(16)20(28-15)31-13-22(14-31)6-7-26-12-23(22,24)25/h10-11,17-18,26H,2-9,12-14H2,1H3,(H,27,29,30). The molecule has 2 N–H and O–H groups in total. The number of alkyl halides is 2. The first kappa shape index (κ1) is 23.2. The lowest BCUT2D eigenvalue weighted by molar-refractivity contribution is -0.151. The number of piperidine rings is 2. The van der Waals surface area contributed by atoms with Gasteiger partial charge in [-0.2, -0.15) is 0 Å². The molecule has 1 spiro atoms. The molecule has 4 fully saturated rings. The summed E-state index contributed by atoms with van der Waals surface area (Å²) in [6.45, 7) is 3.71. The van der Waals surface area contributed by atoms with Gasteiger partial charge in [-0.1, -0.05) is 0 Å². The van der Waals surface area contributed by atoms with Crippen LogP contribution in [0.4, 0.5) is 20.5 Å². The van der Waals surface area contributed by atoms with Gasteiger partial charge in [0.2, 0.25) is 16.0 Å². The van der Waals surface area contributed by atoms with Gasteiger partial charge in [-0.05, 0) is 51.6 Å². The minimum atomic E-state index is -3.15. The van der Waals surface area contributed by atoms with Crippen LogP contribution in [0.5, 0.6) is 0 Å². The van der Waals surface area contributed by atoms with E-state index in [0.717, 1.165) is 23.9 Å². The molecule has 0 radical (unpaired) electrons. The molecule has 2 aromatic heterocycles. The fraction of sp³-hybridized carbons (Fsp3) is 0.696. The topological polar surface area (TPSA) is 103 Å². The number of nitrogens with zero attached hydrogens (tertiary/aromatic N) is 5. The first-order valence-corrected chi connectivity index (χ1v) is 13.9. The van der Waals surface area contributed by atoms with E-state index in [4.69, 9.17) is 4.98 Å². The van der Waals surface area contributed by atoms with Crippen LogP contribution in [0.3, 0.4) is 0 Å². The maximum absolute atomic E-state index is 14.7. The number of anilines is 2. The van der Waals surface area contributed by atoms with Crippen LogP contribution in [0.2, 0.25) is 0 Å². The predicted octanol–water partition coefficient (Wildman–Crippen LogP) is 2.14. The molecule has 35 heavy (non-hydrogen) atoms. The van der Waals surface area contributed by atoms with Crippen LogP contribution in [0, 0.1) is 12.3 Å². The van der Waals surface area contributed by atoms with Crippen LogP contribution >= 0.6 is 0 Å². The molecular weight excluding hydrogens is 476 g/mol. The number of halogens is 2. The summed E-state index contributed by atoms with van der Waals surface area (Å²) in [5.41, 5.74) is 0.423. The molecule has 0 bridgehead atoms. The Bertz CT molecular complexity index is 1240. The number of rotatable bonds is 5. The lowest BCUT2D eigenvalue weighted by Crippen LogP contribution is -2.70. The quantitative estimate of drug-likeness (QED) is 0.635. The van der Waals surface area contributed by atoms with Gasteiger partial charge >= 0.3 is 0 Å². The number of pyridine rings is 1. The molecule has 0 unspecified atom stereocenters. The highest BCUT2D eigenvalue weighted by atomic mass is 32.2. The van der Waals surface area contributed by atoms with Gasteiger partial charge < -0.3 is 15.5 Å². The largest absolute Gasteiger partial charge is 0.353 e. The summed E-state index contributed by atoms with van der Waals surface area (Å²) in [5, 5.41) is 6.80. The Morgan fingerprint density at radius 2 is 1.89 bits per heavy atom. The van der Waals surface area contributed by atoms with Crippen molar-refractivity contribution in [2.45, 2.75) is 56.2 Å². The van der Waals surface area contributed by atoms with Gasteiger partial charge in [-0.3, -0.25) is 0 Å². The zero-order chi connectivity index (χ0) is 24.4. The first-order valence-electron chi connectivity index (χ1n) is 12.4. The third-order valence-electron chi connectivity index (χ3n) is 7.96. The predicted molar refractivity (Wildman–Crippen MR) is 129 cm³/mol. The minimum absolute atomic E-state index is 0.0701. The summed E-state index contributed by atoms with van der Waals surface area (Å²) in [6.07, 6.45) is 5.09. The molecule has 5 heterocycles. The summed E-state index contributed by atoms with van der Waals surface area (Å²) in [7, 11) is -3.15. The van der Waals surface area contributed by atoms with Crippen molar-refractivity contribution in [3.8, 4) is 0 Å². The molecule has 1 saturated carbocycles. The van der Waals surface area contributed by atoms with Crippen LogP contribution in [-0.4, -0.2) is 84.2 Å². The SMILES string of the molecule is Cc1cc2cnc(NC3CCN(S(=O)(=O)C4CC4)CC3)nc2c(N2CC3(CCNCC3(F)F)C2)n1. The van der Waals surface area contributed by atoms with Gasteiger partial charge in [-0.15, -0.1) is 0 Å². The Morgan fingerprint density at radius 1 is 1.14 bits per heavy atom. The van der Waals surface area contributed by atoms with Crippen LogP contribution < -0.4 is 15.5 Å². The van der Waals surface area contributed by atoms with Gasteiger partial charge in [0, 0.05) is 49.5 Å². The number of aromatic nitrogens is 3. The van der Waals surface area contributed by atoms with Gasteiger partial charge in [0.25, 0.3) is 5.92 Å². The van der Waals surface area contributed by atoms with Crippen molar-refractivity contribution in [3.05, 3.63) is 18.0 Å². The minimum Gasteiger partial charge on any atom is -0.353 e. The van der Waals surface area contributed by atoms with Crippen molar-refractivity contribution in [1.29, 1.82) is 0 Å². The first-order chi connectivity index (χ1) is 16.7. The van der Waals surface area contributed by atoms with Crippen LogP contribution in [0.15, 0.2) is 12.3 Å². The average molecular weight is 508 g/mol. The maximum Gasteiger partial charge on any atom is 0.269 e. The zero-order valence-electron chi connectivity index (χ0n) is 19.8. The number of nitrogens with one attached hydrogen (secondary N) is 2. The van der Waals surface area contributed by atoms with Crippen LogP contribution in [0.1, 0.15) is 37.8 Å². The molecule has 0 amide bonds. The number of fused-ring (bicyclic) bond motifs is 1. The summed E-state index contributed by atoms with van der Waals surface area (Å²) in [6, 6.07) is 1.97. The van der Waals surface area contributed by atoms with E-state index in [1.807, 2.05) is 17.9 Å². The maximum atomic E-state index is 14.7. The molecular formula is C23H31F2N7O2S. The lowest BCUT2D eigenvalue weighted by atomic mass is 9.69. The van der Waals surface area contributed by atoms with E-state index < -0.39 is 21.4 Å². The Labute approximate surface area is 203 Å². The van der Waals surface area contributed by atoms with Gasteiger partial charge in [0.05, 0.1) is 17.2 Å². The number of aryl methyl sites for hydroxylation is 1. The normalized spacial score (nSPS) is 25.1. The van der Waals surface area contributed by atoms with Crippen molar-refractivity contribution < 1.29 is 17.2 Å². The van der Waals surface area contributed by atoms with E-state index in [1.54, 1.807) is 10.5 Å². The van der Waals surface area contributed by atoms with Gasteiger partial charge in [0.15, 0.2) is 5.82 Å². The zero-order valence-corrected chi connectivity index (χ0v) is 20.6. The highest BCUT2D eigenvalue weighted by molar-refractivity contribution is 7.90. The molecule has 190 valence electrons. The Balaban J connectivity index is 1.19. The molecule has 2 aromatic rings. The second-order valence-corrected chi connectivity index (χ2v) is 12.8. The molecule has 1 aliphatic carbocycles. The molecule has 0 atom stereocenters. The molecule has 6 rings (SSSR count). The third kappa shape index (κ3) is 4.03. The van der Waals surface area contributed by atoms with Gasteiger partial charge in [0.1, 0.15) is 5.52 Å². The van der Waals surface area contributed by atoms with E-state index >= 15 is 0 Å². The van der Waals surface area contributed by atoms with E-state index in [2.05, 4.69) is 20.6 Å². The molecule has 3 aliphatic heterocycles. The number of sulfonamides is 1. The molecule has 3 saturated heterocycles. The number of hydrogen-bond donors (Lipinski definition) is 2. The summed E-state index contributed by atoms with van der Waals surface area (Å²) < 4.78 is 56.0. The lowest BCUT2D eigenvalue weighted by Gasteiger charge is -2.56. The van der Waals surface area contributed by atoms with Crippen molar-refractivity contribution >= 4 is 32.7 Å². The molecule has 0 aromatic carbocycles. The highest BCUT2D eigenvalue weighted by Crippen LogP contribution is 2.50. The van der Waals surface area contributed by atoms with Crippen LogP contribution in [-0.2, 0) is 10.0 Å². The highest BCUT2D eigenvalue weighted by Gasteiger charge is 2.61. The monoisotopic (exact) mass is 507 g/mol. The third-order valence-corrected chi connectivity index (χ3v) is 10.4. The van der Waals surface area contributed by atoms with Crippen molar-refractivity contribution in [2.75, 3.05) is 49.5 Å². The second kappa shape index (κ2) is 8.17. The average Bonchev–Trinajstić information content (AvgIpc) is 3.64. The van der Waals surface area contributed by atoms with Gasteiger partial charge in [-0.25, -0.2) is 36.5 Å². The smallest absolute Gasteiger partial charge is 0.269 e.